The average Bonchev–Trinajstić information content (AvgIpc) is 3.05. The molecule has 24 heavy (non-hydrogen) atoms. The maximum atomic E-state index is 12.9. The Morgan fingerprint density at radius 1 is 1.17 bits per heavy atom. The van der Waals surface area contributed by atoms with Gasteiger partial charge in [-0.15, -0.1) is 0 Å². The summed E-state index contributed by atoms with van der Waals surface area (Å²) in [6.07, 6.45) is 0. The predicted octanol–water partition coefficient (Wildman–Crippen LogP) is 3.68. The number of nitrogens with zero attached hydrogens (tertiary/aromatic N) is 2. The van der Waals surface area contributed by atoms with E-state index < -0.39 is 6.04 Å². The summed E-state index contributed by atoms with van der Waals surface area (Å²) in [6, 6.07) is 12.6. The third-order valence-electron chi connectivity index (χ3n) is 3.65. The van der Waals surface area contributed by atoms with Crippen molar-refractivity contribution in [1.82, 2.24) is 15.5 Å². The number of carbonyl (C=O) groups is 1. The van der Waals surface area contributed by atoms with E-state index >= 15 is 0 Å². The van der Waals surface area contributed by atoms with Crippen molar-refractivity contribution in [3.05, 3.63) is 71.4 Å². The maximum absolute atomic E-state index is 12.9. The summed E-state index contributed by atoms with van der Waals surface area (Å²) in [5.41, 5.74) is 2.28. The lowest BCUT2D eigenvalue weighted by molar-refractivity contribution is 0.0932. The van der Waals surface area contributed by atoms with E-state index in [1.807, 2.05) is 31.2 Å². The molecule has 1 amide bonds. The minimum atomic E-state index is -0.465. The third kappa shape index (κ3) is 3.32. The zero-order chi connectivity index (χ0) is 17.1. The minimum Gasteiger partial charge on any atom is -0.341 e. The maximum Gasteiger partial charge on any atom is 0.251 e. The number of nitrogens with one attached hydrogen (secondary N) is 1. The van der Waals surface area contributed by atoms with Crippen molar-refractivity contribution in [2.24, 2.45) is 0 Å². The van der Waals surface area contributed by atoms with Crippen LogP contribution in [0.5, 0.6) is 0 Å². The van der Waals surface area contributed by atoms with E-state index in [1.165, 1.54) is 24.3 Å². The molecule has 0 saturated heterocycles. The summed E-state index contributed by atoms with van der Waals surface area (Å²) >= 11 is 0. The number of halogens is 1. The first kappa shape index (κ1) is 15.9. The molecule has 0 radical (unpaired) electrons. The minimum absolute atomic E-state index is 0.309. The van der Waals surface area contributed by atoms with Crippen molar-refractivity contribution in [1.29, 1.82) is 0 Å². The molecule has 0 aliphatic rings. The lowest BCUT2D eigenvalue weighted by atomic mass is 10.1. The van der Waals surface area contributed by atoms with Crippen LogP contribution in [0.4, 0.5) is 4.39 Å². The highest BCUT2D eigenvalue weighted by Crippen LogP contribution is 2.21. The highest BCUT2D eigenvalue weighted by Gasteiger charge is 2.18. The van der Waals surface area contributed by atoms with Crippen LogP contribution in [-0.2, 0) is 0 Å². The molecule has 0 aliphatic carbocycles. The first-order valence-electron chi connectivity index (χ1n) is 7.50. The van der Waals surface area contributed by atoms with Crippen LogP contribution in [-0.4, -0.2) is 16.0 Å². The second kappa shape index (κ2) is 6.62. The van der Waals surface area contributed by atoms with Crippen LogP contribution in [0, 0.1) is 12.7 Å². The Labute approximate surface area is 138 Å². The number of rotatable bonds is 4. The molecule has 122 valence electrons. The van der Waals surface area contributed by atoms with Crippen molar-refractivity contribution in [3.8, 4) is 11.4 Å². The number of hydrogen-bond acceptors (Lipinski definition) is 4. The first-order chi connectivity index (χ1) is 11.5. The van der Waals surface area contributed by atoms with Gasteiger partial charge in [-0.2, -0.15) is 4.98 Å². The van der Waals surface area contributed by atoms with Crippen molar-refractivity contribution in [2.75, 3.05) is 0 Å². The van der Waals surface area contributed by atoms with Crippen LogP contribution >= 0.6 is 0 Å². The summed E-state index contributed by atoms with van der Waals surface area (Å²) in [6.45, 7) is 3.71. The number of hydrogen-bond donors (Lipinski definition) is 1. The zero-order valence-corrected chi connectivity index (χ0v) is 13.3. The number of benzene rings is 2. The highest BCUT2D eigenvalue weighted by molar-refractivity contribution is 5.94. The molecule has 1 unspecified atom stereocenters. The van der Waals surface area contributed by atoms with Crippen LogP contribution in [0.15, 0.2) is 53.1 Å². The largest absolute Gasteiger partial charge is 0.341 e. The Morgan fingerprint density at radius 3 is 2.58 bits per heavy atom. The average molecular weight is 325 g/mol. The Balaban J connectivity index is 1.74. The predicted molar refractivity (Wildman–Crippen MR) is 86.8 cm³/mol. The van der Waals surface area contributed by atoms with E-state index in [-0.39, 0.29) is 11.7 Å². The molecule has 1 heterocycles. The van der Waals surface area contributed by atoms with Gasteiger partial charge in [0.2, 0.25) is 11.7 Å². The van der Waals surface area contributed by atoms with E-state index in [2.05, 4.69) is 15.5 Å². The number of amides is 1. The molecule has 6 heteroatoms. The Morgan fingerprint density at radius 2 is 1.88 bits per heavy atom. The first-order valence-corrected chi connectivity index (χ1v) is 7.50. The normalized spacial score (nSPS) is 12.0. The van der Waals surface area contributed by atoms with Crippen molar-refractivity contribution >= 4 is 5.91 Å². The van der Waals surface area contributed by atoms with Gasteiger partial charge in [0.25, 0.3) is 5.91 Å². The van der Waals surface area contributed by atoms with Gasteiger partial charge in [0.1, 0.15) is 11.9 Å². The molecule has 5 nitrogen and oxygen atoms in total. The fourth-order valence-electron chi connectivity index (χ4n) is 2.29. The molecule has 1 atom stereocenters. The van der Waals surface area contributed by atoms with Crippen LogP contribution in [0.25, 0.3) is 11.4 Å². The fourth-order valence-corrected chi connectivity index (χ4v) is 2.29. The molecule has 3 aromatic rings. The lowest BCUT2D eigenvalue weighted by Gasteiger charge is -2.09. The van der Waals surface area contributed by atoms with Crippen molar-refractivity contribution in [3.63, 3.8) is 0 Å². The van der Waals surface area contributed by atoms with Crippen molar-refractivity contribution < 1.29 is 13.7 Å². The smallest absolute Gasteiger partial charge is 0.251 e. The van der Waals surface area contributed by atoms with Gasteiger partial charge in [-0.1, -0.05) is 29.4 Å². The van der Waals surface area contributed by atoms with E-state index in [0.29, 0.717) is 17.3 Å². The van der Waals surface area contributed by atoms with Crippen molar-refractivity contribution in [2.45, 2.75) is 19.9 Å². The topological polar surface area (TPSA) is 68.0 Å². The third-order valence-corrected chi connectivity index (χ3v) is 3.65. The number of aryl methyl sites for hydroxylation is 1. The summed E-state index contributed by atoms with van der Waals surface area (Å²) < 4.78 is 18.2. The molecule has 1 aromatic heterocycles. The van der Waals surface area contributed by atoms with Gasteiger partial charge in [0.15, 0.2) is 0 Å². The molecule has 0 spiro atoms. The van der Waals surface area contributed by atoms with Gasteiger partial charge in [-0.05, 0) is 43.7 Å². The fraction of sp³-hybridized carbons (Fsp3) is 0.167. The van der Waals surface area contributed by atoms with Crippen LogP contribution in [0.2, 0.25) is 0 Å². The summed E-state index contributed by atoms with van der Waals surface area (Å²) in [7, 11) is 0. The van der Waals surface area contributed by atoms with E-state index in [4.69, 9.17) is 4.52 Å². The molecule has 0 bridgehead atoms. The SMILES string of the molecule is Cc1ccccc1-c1noc(C(C)NC(=O)c2ccc(F)cc2)n1. The van der Waals surface area contributed by atoms with Crippen LogP contribution < -0.4 is 5.32 Å². The van der Waals surface area contributed by atoms with Gasteiger partial charge in [-0.25, -0.2) is 4.39 Å². The summed E-state index contributed by atoms with van der Waals surface area (Å²) in [4.78, 5) is 16.5. The lowest BCUT2D eigenvalue weighted by Crippen LogP contribution is -2.26. The number of aromatic nitrogens is 2. The van der Waals surface area contributed by atoms with E-state index in [0.717, 1.165) is 11.1 Å². The molecule has 2 aromatic carbocycles. The van der Waals surface area contributed by atoms with Gasteiger partial charge >= 0.3 is 0 Å². The Bertz CT molecular complexity index is 859. The second-order valence-corrected chi connectivity index (χ2v) is 5.47. The molecular formula is C18H16FN3O2. The van der Waals surface area contributed by atoms with Crippen LogP contribution in [0.1, 0.15) is 34.8 Å². The number of carbonyl (C=O) groups excluding carboxylic acids is 1. The van der Waals surface area contributed by atoms with E-state index in [1.54, 1.807) is 6.92 Å². The summed E-state index contributed by atoms with van der Waals surface area (Å²) in [5, 5.41) is 6.73. The monoisotopic (exact) mass is 325 g/mol. The van der Waals surface area contributed by atoms with Crippen LogP contribution in [0.3, 0.4) is 0 Å². The van der Waals surface area contributed by atoms with Gasteiger partial charge in [0.05, 0.1) is 0 Å². The van der Waals surface area contributed by atoms with Gasteiger partial charge in [0, 0.05) is 11.1 Å². The molecular weight excluding hydrogens is 309 g/mol. The van der Waals surface area contributed by atoms with Gasteiger partial charge in [-0.3, -0.25) is 4.79 Å². The molecule has 0 aliphatic heterocycles. The molecule has 0 saturated carbocycles. The standard InChI is InChI=1S/C18H16FN3O2/c1-11-5-3-4-6-15(11)16-21-18(24-22-16)12(2)20-17(23)13-7-9-14(19)10-8-13/h3-10,12H,1-2H3,(H,20,23). The quantitative estimate of drug-likeness (QED) is 0.794. The Kier molecular flexibility index (Phi) is 4.37. The summed E-state index contributed by atoms with van der Waals surface area (Å²) in [5.74, 6) is 0.0622. The molecule has 3 rings (SSSR count). The second-order valence-electron chi connectivity index (χ2n) is 5.47. The molecule has 0 fully saturated rings. The van der Waals surface area contributed by atoms with E-state index in [9.17, 15) is 9.18 Å². The zero-order valence-electron chi connectivity index (χ0n) is 13.3. The highest BCUT2D eigenvalue weighted by atomic mass is 19.1. The van der Waals surface area contributed by atoms with Gasteiger partial charge < -0.3 is 9.84 Å². The Hall–Kier alpha value is -3.02. The molecule has 1 N–H and O–H groups in total.